The standard InChI is InChI=1S/C19H17N3O3S4/c23-18(13-6-3-9-22(13)29(24,25)16-8-4-10-26-16)21-19-20-17-12-5-1-2-7-14(12)27-11-15(17)28-19/h1-2,4-5,7-8,10,13H,3,6,9,11H2,(H,20,21,23)/t13-/m0/s1. The molecule has 1 amide bonds. The summed E-state index contributed by atoms with van der Waals surface area (Å²) in [5, 5.41) is 5.13. The molecule has 6 nitrogen and oxygen atoms in total. The van der Waals surface area contributed by atoms with Gasteiger partial charge in [0.25, 0.3) is 10.0 Å². The van der Waals surface area contributed by atoms with Crippen LogP contribution in [0.25, 0.3) is 11.3 Å². The second-order valence-corrected chi connectivity index (χ2v) is 11.9. The predicted octanol–water partition coefficient (Wildman–Crippen LogP) is 4.27. The zero-order valence-corrected chi connectivity index (χ0v) is 18.5. The second-order valence-electron chi connectivity index (χ2n) is 6.77. The number of thioether (sulfide) groups is 1. The number of hydrogen-bond acceptors (Lipinski definition) is 7. The van der Waals surface area contributed by atoms with Crippen LogP contribution in [0, 0.1) is 0 Å². The molecule has 1 atom stereocenters. The van der Waals surface area contributed by atoms with E-state index in [4.69, 9.17) is 0 Å². The molecule has 2 aliphatic heterocycles. The van der Waals surface area contributed by atoms with Crippen LogP contribution >= 0.6 is 34.4 Å². The maximum atomic E-state index is 12.9. The van der Waals surface area contributed by atoms with Crippen LogP contribution in [0.4, 0.5) is 5.13 Å². The van der Waals surface area contributed by atoms with E-state index < -0.39 is 16.1 Å². The Labute approximate surface area is 181 Å². The first kappa shape index (κ1) is 19.3. The summed E-state index contributed by atoms with van der Waals surface area (Å²) in [5.74, 6) is 0.511. The lowest BCUT2D eigenvalue weighted by atomic mass is 10.1. The minimum absolute atomic E-state index is 0.274. The number of benzene rings is 1. The van der Waals surface area contributed by atoms with Crippen LogP contribution in [0.1, 0.15) is 17.7 Å². The van der Waals surface area contributed by atoms with Gasteiger partial charge in [-0.15, -0.1) is 34.4 Å². The molecule has 10 heteroatoms. The predicted molar refractivity (Wildman–Crippen MR) is 117 cm³/mol. The lowest BCUT2D eigenvalue weighted by molar-refractivity contribution is -0.119. The smallest absolute Gasteiger partial charge is 0.253 e. The fourth-order valence-corrected chi connectivity index (χ4v) is 8.53. The van der Waals surface area contributed by atoms with Crippen LogP contribution in [-0.4, -0.2) is 36.2 Å². The molecular formula is C19H17N3O3S4. The van der Waals surface area contributed by atoms with Gasteiger partial charge in [0.15, 0.2) is 5.13 Å². The molecule has 150 valence electrons. The number of nitrogens with one attached hydrogen (secondary N) is 1. The normalized spacial score (nSPS) is 19.0. The molecule has 0 bridgehead atoms. The summed E-state index contributed by atoms with van der Waals surface area (Å²) in [4.78, 5) is 19.9. The van der Waals surface area contributed by atoms with Crippen LogP contribution in [0.3, 0.4) is 0 Å². The fourth-order valence-electron chi connectivity index (χ4n) is 3.65. The number of rotatable bonds is 4. The molecule has 1 saturated heterocycles. The van der Waals surface area contributed by atoms with Gasteiger partial charge in [-0.25, -0.2) is 13.4 Å². The van der Waals surface area contributed by atoms with Crippen LogP contribution < -0.4 is 5.32 Å². The highest BCUT2D eigenvalue weighted by atomic mass is 32.2. The first-order valence-corrected chi connectivity index (χ1v) is 13.2. The number of thiazole rings is 1. The third kappa shape index (κ3) is 3.42. The van der Waals surface area contributed by atoms with Crippen molar-refractivity contribution in [3.8, 4) is 11.3 Å². The number of fused-ring (bicyclic) bond motifs is 3. The largest absolute Gasteiger partial charge is 0.301 e. The molecule has 0 radical (unpaired) electrons. The van der Waals surface area contributed by atoms with Crippen molar-refractivity contribution in [2.24, 2.45) is 0 Å². The summed E-state index contributed by atoms with van der Waals surface area (Å²) < 4.78 is 27.4. The van der Waals surface area contributed by atoms with Gasteiger partial charge in [-0.3, -0.25) is 4.79 Å². The van der Waals surface area contributed by atoms with Gasteiger partial charge in [0.1, 0.15) is 10.3 Å². The van der Waals surface area contributed by atoms with Crippen molar-refractivity contribution >= 4 is 55.5 Å². The molecule has 1 aromatic carbocycles. The van der Waals surface area contributed by atoms with Crippen molar-refractivity contribution in [3.05, 3.63) is 46.7 Å². The minimum Gasteiger partial charge on any atom is -0.301 e. The third-order valence-corrected chi connectivity index (χ3v) is 10.5. The molecule has 2 aromatic heterocycles. The number of anilines is 1. The van der Waals surface area contributed by atoms with Gasteiger partial charge in [0.05, 0.1) is 5.69 Å². The third-order valence-electron chi connectivity index (χ3n) is 4.99. The van der Waals surface area contributed by atoms with E-state index >= 15 is 0 Å². The van der Waals surface area contributed by atoms with E-state index in [2.05, 4.69) is 16.4 Å². The van der Waals surface area contributed by atoms with Crippen LogP contribution in [0.15, 0.2) is 50.9 Å². The summed E-state index contributed by atoms with van der Waals surface area (Å²) in [5.41, 5.74) is 1.99. The summed E-state index contributed by atoms with van der Waals surface area (Å²) in [6.45, 7) is 0.358. The van der Waals surface area contributed by atoms with Crippen molar-refractivity contribution < 1.29 is 13.2 Å². The van der Waals surface area contributed by atoms with Crippen molar-refractivity contribution in [3.63, 3.8) is 0 Å². The molecule has 3 aromatic rings. The van der Waals surface area contributed by atoms with E-state index in [0.717, 1.165) is 21.9 Å². The summed E-state index contributed by atoms with van der Waals surface area (Å²) >= 11 is 4.40. The fraction of sp³-hybridized carbons (Fsp3) is 0.263. The van der Waals surface area contributed by atoms with E-state index in [0.29, 0.717) is 24.5 Å². The van der Waals surface area contributed by atoms with Crippen molar-refractivity contribution in [1.82, 2.24) is 9.29 Å². The maximum absolute atomic E-state index is 12.9. The molecule has 1 fully saturated rings. The number of nitrogens with zero attached hydrogens (tertiary/aromatic N) is 2. The quantitative estimate of drug-likeness (QED) is 0.625. The SMILES string of the molecule is O=C(Nc1nc2c(s1)CSc1ccccc1-2)[C@@H]1CCCN1S(=O)(=O)c1cccs1. The highest BCUT2D eigenvalue weighted by molar-refractivity contribution is 7.98. The van der Waals surface area contributed by atoms with E-state index in [9.17, 15) is 13.2 Å². The Kier molecular flexibility index (Phi) is 4.99. The zero-order valence-electron chi connectivity index (χ0n) is 15.2. The Morgan fingerprint density at radius 2 is 2.07 bits per heavy atom. The average Bonchev–Trinajstić information content (AvgIpc) is 3.47. The van der Waals surface area contributed by atoms with Gasteiger partial charge in [-0.1, -0.05) is 24.3 Å². The highest BCUT2D eigenvalue weighted by Gasteiger charge is 2.40. The summed E-state index contributed by atoms with van der Waals surface area (Å²) in [7, 11) is -3.65. The van der Waals surface area contributed by atoms with Gasteiger partial charge >= 0.3 is 0 Å². The summed E-state index contributed by atoms with van der Waals surface area (Å²) in [6, 6.07) is 10.7. The minimum atomic E-state index is -3.65. The Bertz CT molecular complexity index is 1170. The molecule has 1 N–H and O–H groups in total. The van der Waals surface area contributed by atoms with Crippen LogP contribution in [0.5, 0.6) is 0 Å². The molecule has 0 saturated carbocycles. The second kappa shape index (κ2) is 7.51. The molecule has 29 heavy (non-hydrogen) atoms. The number of sulfonamides is 1. The molecule has 0 unspecified atom stereocenters. The summed E-state index contributed by atoms with van der Waals surface area (Å²) in [6.07, 6.45) is 1.18. The number of hydrogen-bond donors (Lipinski definition) is 1. The van der Waals surface area contributed by atoms with Gasteiger partial charge in [0.2, 0.25) is 5.91 Å². The Morgan fingerprint density at radius 3 is 2.90 bits per heavy atom. The van der Waals surface area contributed by atoms with Gasteiger partial charge < -0.3 is 5.32 Å². The first-order valence-electron chi connectivity index (χ1n) is 9.12. The molecule has 4 heterocycles. The molecule has 5 rings (SSSR count). The van der Waals surface area contributed by atoms with Gasteiger partial charge in [0, 0.05) is 27.6 Å². The number of aromatic nitrogens is 1. The first-order chi connectivity index (χ1) is 14.0. The number of thiophene rings is 1. The van der Waals surface area contributed by atoms with Gasteiger partial charge in [-0.05, 0) is 30.4 Å². The van der Waals surface area contributed by atoms with E-state index in [1.165, 1.54) is 31.9 Å². The van der Waals surface area contributed by atoms with Crippen LogP contribution in [-0.2, 0) is 20.6 Å². The van der Waals surface area contributed by atoms with E-state index in [1.807, 2.05) is 18.2 Å². The van der Waals surface area contributed by atoms with E-state index in [1.54, 1.807) is 29.3 Å². The van der Waals surface area contributed by atoms with Gasteiger partial charge in [-0.2, -0.15) is 4.31 Å². The number of amides is 1. The lowest BCUT2D eigenvalue weighted by Crippen LogP contribution is -2.42. The van der Waals surface area contributed by atoms with Crippen LogP contribution in [0.2, 0.25) is 0 Å². The Morgan fingerprint density at radius 1 is 1.21 bits per heavy atom. The zero-order chi connectivity index (χ0) is 20.0. The molecule has 0 spiro atoms. The number of carbonyl (C=O) groups is 1. The van der Waals surface area contributed by atoms with Crippen molar-refractivity contribution in [2.75, 3.05) is 11.9 Å². The molecular weight excluding hydrogens is 446 g/mol. The molecule has 0 aliphatic carbocycles. The van der Waals surface area contributed by atoms with Crippen molar-refractivity contribution in [2.45, 2.75) is 33.7 Å². The number of carbonyl (C=O) groups excluding carboxylic acids is 1. The average molecular weight is 464 g/mol. The Balaban J connectivity index is 1.38. The highest BCUT2D eigenvalue weighted by Crippen LogP contribution is 2.44. The topological polar surface area (TPSA) is 79.4 Å². The molecule has 2 aliphatic rings. The Hall–Kier alpha value is -1.72. The van der Waals surface area contributed by atoms with Crippen molar-refractivity contribution in [1.29, 1.82) is 0 Å². The van der Waals surface area contributed by atoms with E-state index in [-0.39, 0.29) is 10.1 Å². The maximum Gasteiger partial charge on any atom is 0.253 e. The lowest BCUT2D eigenvalue weighted by Gasteiger charge is -2.22. The monoisotopic (exact) mass is 463 g/mol.